The molecular formula is C16H15FN2O. The van der Waals surface area contributed by atoms with Crippen molar-refractivity contribution in [1.82, 2.24) is 5.32 Å². The number of rotatable bonds is 5. The normalized spacial score (nSPS) is 10.1. The van der Waals surface area contributed by atoms with E-state index in [1.807, 2.05) is 37.4 Å². The molecule has 0 bridgehead atoms. The molecule has 0 radical (unpaired) electrons. The summed E-state index contributed by atoms with van der Waals surface area (Å²) in [7, 11) is 1.89. The maximum absolute atomic E-state index is 13.2. The van der Waals surface area contributed by atoms with Crippen LogP contribution < -0.4 is 10.1 Å². The second-order valence-corrected chi connectivity index (χ2v) is 4.38. The summed E-state index contributed by atoms with van der Waals surface area (Å²) in [4.78, 5) is 0. The van der Waals surface area contributed by atoms with Crippen LogP contribution in [0.15, 0.2) is 42.5 Å². The number of halogens is 1. The van der Waals surface area contributed by atoms with E-state index in [1.165, 1.54) is 18.2 Å². The van der Waals surface area contributed by atoms with Crippen molar-refractivity contribution in [3.8, 4) is 11.8 Å². The van der Waals surface area contributed by atoms with Gasteiger partial charge in [-0.3, -0.25) is 0 Å². The number of ether oxygens (including phenoxy) is 1. The number of nitriles is 1. The minimum absolute atomic E-state index is 0.173. The summed E-state index contributed by atoms with van der Waals surface area (Å²) in [6.07, 6.45) is 0. The summed E-state index contributed by atoms with van der Waals surface area (Å²) in [5, 5.41) is 12.0. The Bertz CT molecular complexity index is 617. The molecule has 0 aliphatic carbocycles. The Morgan fingerprint density at radius 3 is 2.60 bits per heavy atom. The number of benzene rings is 2. The lowest BCUT2D eigenvalue weighted by Crippen LogP contribution is -2.04. The van der Waals surface area contributed by atoms with E-state index in [0.717, 1.165) is 12.1 Å². The van der Waals surface area contributed by atoms with E-state index < -0.39 is 0 Å². The predicted molar refractivity (Wildman–Crippen MR) is 74.7 cm³/mol. The Kier molecular flexibility index (Phi) is 4.70. The number of hydrogen-bond acceptors (Lipinski definition) is 3. The van der Waals surface area contributed by atoms with Crippen LogP contribution in [0.5, 0.6) is 5.75 Å². The molecule has 0 atom stereocenters. The lowest BCUT2D eigenvalue weighted by Gasteiger charge is -2.08. The minimum atomic E-state index is -0.369. The van der Waals surface area contributed by atoms with Gasteiger partial charge in [-0.1, -0.05) is 12.1 Å². The van der Waals surface area contributed by atoms with E-state index in [1.54, 1.807) is 0 Å². The number of nitrogens with zero attached hydrogens (tertiary/aromatic N) is 1. The third kappa shape index (κ3) is 3.56. The molecule has 1 N–H and O–H groups in total. The van der Waals surface area contributed by atoms with Gasteiger partial charge in [0.25, 0.3) is 0 Å². The summed E-state index contributed by atoms with van der Waals surface area (Å²) >= 11 is 0. The molecule has 0 heterocycles. The molecule has 2 aromatic carbocycles. The van der Waals surface area contributed by atoms with Crippen LogP contribution >= 0.6 is 0 Å². The zero-order valence-electron chi connectivity index (χ0n) is 11.2. The van der Waals surface area contributed by atoms with E-state index in [-0.39, 0.29) is 12.4 Å². The number of nitrogens with one attached hydrogen (secondary N) is 1. The van der Waals surface area contributed by atoms with Gasteiger partial charge in [0, 0.05) is 12.1 Å². The lowest BCUT2D eigenvalue weighted by atomic mass is 10.1. The van der Waals surface area contributed by atoms with Gasteiger partial charge in [0.15, 0.2) is 0 Å². The van der Waals surface area contributed by atoms with Crippen LogP contribution in [-0.2, 0) is 13.2 Å². The van der Waals surface area contributed by atoms with Crippen molar-refractivity contribution in [1.29, 1.82) is 5.26 Å². The van der Waals surface area contributed by atoms with Crippen LogP contribution in [0, 0.1) is 17.1 Å². The monoisotopic (exact) mass is 270 g/mol. The highest BCUT2D eigenvalue weighted by Crippen LogP contribution is 2.16. The first-order chi connectivity index (χ1) is 9.72. The van der Waals surface area contributed by atoms with Crippen molar-refractivity contribution in [2.75, 3.05) is 7.05 Å². The smallest absolute Gasteiger partial charge is 0.123 e. The Morgan fingerprint density at radius 1 is 1.20 bits per heavy atom. The molecule has 2 rings (SSSR count). The molecule has 20 heavy (non-hydrogen) atoms. The molecule has 0 aliphatic rings. The standard InChI is InChI=1S/C16H15FN2O/c1-19-10-12-2-6-16(7-3-12)20-11-14-8-15(17)5-4-13(14)9-18/h2-8,19H,10-11H2,1H3. The van der Waals surface area contributed by atoms with Gasteiger partial charge in [-0.05, 0) is 42.9 Å². The second kappa shape index (κ2) is 6.69. The predicted octanol–water partition coefficient (Wildman–Crippen LogP) is 3.00. The second-order valence-electron chi connectivity index (χ2n) is 4.38. The SMILES string of the molecule is CNCc1ccc(OCc2cc(F)ccc2C#N)cc1. The van der Waals surface area contributed by atoms with Gasteiger partial charge in [-0.25, -0.2) is 4.39 Å². The van der Waals surface area contributed by atoms with Gasteiger partial charge < -0.3 is 10.1 Å². The maximum atomic E-state index is 13.2. The molecule has 0 spiro atoms. The van der Waals surface area contributed by atoms with Crippen LogP contribution in [0.1, 0.15) is 16.7 Å². The lowest BCUT2D eigenvalue weighted by molar-refractivity contribution is 0.305. The molecular weight excluding hydrogens is 255 g/mol. The summed E-state index contributed by atoms with van der Waals surface area (Å²) in [5.74, 6) is 0.324. The first-order valence-electron chi connectivity index (χ1n) is 6.28. The first kappa shape index (κ1) is 14.0. The van der Waals surface area contributed by atoms with Crippen molar-refractivity contribution in [3.05, 3.63) is 65.0 Å². The quantitative estimate of drug-likeness (QED) is 0.908. The van der Waals surface area contributed by atoms with Crippen molar-refractivity contribution >= 4 is 0 Å². The van der Waals surface area contributed by atoms with Crippen LogP contribution in [0.2, 0.25) is 0 Å². The van der Waals surface area contributed by atoms with Crippen LogP contribution in [0.3, 0.4) is 0 Å². The fourth-order valence-corrected chi connectivity index (χ4v) is 1.86. The fraction of sp³-hybridized carbons (Fsp3) is 0.188. The van der Waals surface area contributed by atoms with E-state index in [2.05, 4.69) is 5.32 Å². The third-order valence-corrected chi connectivity index (χ3v) is 2.89. The van der Waals surface area contributed by atoms with Crippen LogP contribution in [-0.4, -0.2) is 7.05 Å². The van der Waals surface area contributed by atoms with Gasteiger partial charge >= 0.3 is 0 Å². The summed E-state index contributed by atoms with van der Waals surface area (Å²) in [6, 6.07) is 13.7. The van der Waals surface area contributed by atoms with Crippen LogP contribution in [0.25, 0.3) is 0 Å². The van der Waals surface area contributed by atoms with Gasteiger partial charge in [-0.15, -0.1) is 0 Å². The third-order valence-electron chi connectivity index (χ3n) is 2.89. The van der Waals surface area contributed by atoms with Gasteiger partial charge in [0.2, 0.25) is 0 Å². The highest BCUT2D eigenvalue weighted by Gasteiger charge is 2.05. The fourth-order valence-electron chi connectivity index (χ4n) is 1.86. The van der Waals surface area contributed by atoms with Crippen molar-refractivity contribution < 1.29 is 9.13 Å². The molecule has 0 saturated heterocycles. The van der Waals surface area contributed by atoms with Crippen LogP contribution in [0.4, 0.5) is 4.39 Å². The van der Waals surface area contributed by atoms with E-state index >= 15 is 0 Å². The van der Waals surface area contributed by atoms with Gasteiger partial charge in [-0.2, -0.15) is 5.26 Å². The topological polar surface area (TPSA) is 45.0 Å². The largest absolute Gasteiger partial charge is 0.489 e. The zero-order valence-corrected chi connectivity index (χ0v) is 11.2. The molecule has 102 valence electrons. The van der Waals surface area contributed by atoms with Crippen molar-refractivity contribution in [2.45, 2.75) is 13.2 Å². The highest BCUT2D eigenvalue weighted by molar-refractivity contribution is 5.38. The van der Waals surface area contributed by atoms with Crippen molar-refractivity contribution in [3.63, 3.8) is 0 Å². The molecule has 3 nitrogen and oxygen atoms in total. The average Bonchev–Trinajstić information content (AvgIpc) is 2.47. The minimum Gasteiger partial charge on any atom is -0.489 e. The Morgan fingerprint density at radius 2 is 1.95 bits per heavy atom. The first-order valence-corrected chi connectivity index (χ1v) is 6.28. The molecule has 0 saturated carbocycles. The molecule has 0 fully saturated rings. The van der Waals surface area contributed by atoms with Crippen molar-refractivity contribution in [2.24, 2.45) is 0 Å². The number of hydrogen-bond donors (Lipinski definition) is 1. The molecule has 0 amide bonds. The summed E-state index contributed by atoms with van der Waals surface area (Å²) < 4.78 is 18.8. The van der Waals surface area contributed by atoms with E-state index in [9.17, 15) is 4.39 Å². The average molecular weight is 270 g/mol. The molecule has 0 aliphatic heterocycles. The van der Waals surface area contributed by atoms with Gasteiger partial charge in [0.05, 0.1) is 11.6 Å². The van der Waals surface area contributed by atoms with Gasteiger partial charge in [0.1, 0.15) is 18.2 Å². The van der Waals surface area contributed by atoms with E-state index in [0.29, 0.717) is 16.9 Å². The zero-order chi connectivity index (χ0) is 14.4. The maximum Gasteiger partial charge on any atom is 0.123 e. The molecule has 4 heteroatoms. The highest BCUT2D eigenvalue weighted by atomic mass is 19.1. The molecule has 0 aromatic heterocycles. The summed E-state index contributed by atoms with van der Waals surface area (Å²) in [6.45, 7) is 0.967. The Balaban J connectivity index is 2.05. The molecule has 2 aromatic rings. The Labute approximate surface area is 117 Å². The molecule has 0 unspecified atom stereocenters. The Hall–Kier alpha value is -2.38. The van der Waals surface area contributed by atoms with E-state index in [4.69, 9.17) is 10.00 Å². The summed E-state index contributed by atoms with van der Waals surface area (Å²) in [5.41, 5.74) is 2.13.